The van der Waals surface area contributed by atoms with Gasteiger partial charge in [-0.1, -0.05) is 60.7 Å². The summed E-state index contributed by atoms with van der Waals surface area (Å²) in [6, 6.07) is 23.6. The first-order valence-corrected chi connectivity index (χ1v) is 10.3. The van der Waals surface area contributed by atoms with E-state index in [4.69, 9.17) is 15.7 Å². The molecule has 6 nitrogen and oxygen atoms in total. The molecule has 0 radical (unpaired) electrons. The molecule has 6 heteroatoms. The number of nitrogens with zero attached hydrogens (tertiary/aromatic N) is 1. The van der Waals surface area contributed by atoms with E-state index in [-0.39, 0.29) is 18.9 Å². The van der Waals surface area contributed by atoms with Gasteiger partial charge in [0.1, 0.15) is 6.61 Å². The van der Waals surface area contributed by atoms with Crippen molar-refractivity contribution in [2.24, 2.45) is 11.7 Å². The van der Waals surface area contributed by atoms with Crippen LogP contribution in [0.25, 0.3) is 11.1 Å². The van der Waals surface area contributed by atoms with Crippen LogP contribution in [0.15, 0.2) is 72.8 Å². The normalized spacial score (nSPS) is 14.0. The molecular formula is C26H22N2O4. The van der Waals surface area contributed by atoms with Crippen LogP contribution in [0, 0.1) is 17.2 Å². The quantitative estimate of drug-likeness (QED) is 0.442. The largest absolute Gasteiger partial charge is 0.481 e. The second-order valence-electron chi connectivity index (χ2n) is 7.85. The van der Waals surface area contributed by atoms with Crippen LogP contribution >= 0.6 is 0 Å². The van der Waals surface area contributed by atoms with Crippen molar-refractivity contribution in [2.45, 2.75) is 18.4 Å². The lowest BCUT2D eigenvalue weighted by molar-refractivity contribution is -0.159. The van der Waals surface area contributed by atoms with E-state index in [1.807, 2.05) is 54.6 Å². The fourth-order valence-electron chi connectivity index (χ4n) is 4.31. The molecule has 2 unspecified atom stereocenters. The first-order valence-electron chi connectivity index (χ1n) is 10.3. The third kappa shape index (κ3) is 4.11. The van der Waals surface area contributed by atoms with Crippen molar-refractivity contribution >= 4 is 11.9 Å². The topological polar surface area (TPSA) is 113 Å². The number of esters is 1. The summed E-state index contributed by atoms with van der Waals surface area (Å²) in [4.78, 5) is 24.6. The Morgan fingerprint density at radius 1 is 1.00 bits per heavy atom. The smallest absolute Gasteiger partial charge is 0.321 e. The molecule has 0 aromatic heterocycles. The minimum absolute atomic E-state index is 0.0350. The average molecular weight is 426 g/mol. The Hall–Kier alpha value is -3.95. The van der Waals surface area contributed by atoms with Gasteiger partial charge in [0.2, 0.25) is 0 Å². The second-order valence-corrected chi connectivity index (χ2v) is 7.85. The van der Waals surface area contributed by atoms with Crippen LogP contribution in [0.5, 0.6) is 0 Å². The molecule has 0 amide bonds. The number of ether oxygens (including phenoxy) is 1. The Morgan fingerprint density at radius 2 is 1.62 bits per heavy atom. The summed E-state index contributed by atoms with van der Waals surface area (Å²) in [7, 11) is 0. The molecule has 160 valence electrons. The Morgan fingerprint density at radius 3 is 2.22 bits per heavy atom. The zero-order chi connectivity index (χ0) is 22.7. The van der Waals surface area contributed by atoms with Crippen LogP contribution in [0.3, 0.4) is 0 Å². The lowest BCUT2D eigenvalue weighted by atomic mass is 9.93. The molecule has 0 spiro atoms. The van der Waals surface area contributed by atoms with E-state index in [9.17, 15) is 14.7 Å². The standard InChI is InChI=1S/C26H22N2O4/c27-14-17-7-5-6-16(12-17)13-23(28)24(25(29)30)26(31)32-15-22-20-10-3-1-8-18(20)19-9-2-4-11-21(19)22/h1-12,22-24H,13,15,28H2,(H,29,30). The zero-order valence-electron chi connectivity index (χ0n) is 17.3. The predicted octanol–water partition coefficient (Wildman–Crippen LogP) is 3.48. The maximum atomic E-state index is 12.8. The number of hydrogen-bond acceptors (Lipinski definition) is 5. The number of carbonyl (C=O) groups excluding carboxylic acids is 1. The molecule has 0 saturated heterocycles. The van der Waals surface area contributed by atoms with Crippen LogP contribution in [0.1, 0.15) is 28.2 Å². The third-order valence-electron chi connectivity index (χ3n) is 5.83. The zero-order valence-corrected chi connectivity index (χ0v) is 17.3. The minimum atomic E-state index is -1.51. The van der Waals surface area contributed by atoms with Crippen molar-refractivity contribution in [1.82, 2.24) is 0 Å². The number of rotatable bonds is 7. The van der Waals surface area contributed by atoms with Crippen LogP contribution in [-0.2, 0) is 20.7 Å². The number of fused-ring (bicyclic) bond motifs is 3. The van der Waals surface area contributed by atoms with Gasteiger partial charge in [0.05, 0.1) is 11.6 Å². The van der Waals surface area contributed by atoms with Crippen molar-refractivity contribution in [3.63, 3.8) is 0 Å². The monoisotopic (exact) mass is 426 g/mol. The molecule has 0 saturated carbocycles. The van der Waals surface area contributed by atoms with E-state index in [1.54, 1.807) is 24.3 Å². The van der Waals surface area contributed by atoms with E-state index in [1.165, 1.54) is 0 Å². The Balaban J connectivity index is 1.49. The molecule has 3 N–H and O–H groups in total. The highest BCUT2D eigenvalue weighted by molar-refractivity contribution is 5.95. The van der Waals surface area contributed by atoms with Crippen molar-refractivity contribution in [3.8, 4) is 17.2 Å². The van der Waals surface area contributed by atoms with Gasteiger partial charge in [0, 0.05) is 12.0 Å². The molecule has 3 aromatic carbocycles. The summed E-state index contributed by atoms with van der Waals surface area (Å²) in [6.45, 7) is 0.0350. The third-order valence-corrected chi connectivity index (χ3v) is 5.83. The van der Waals surface area contributed by atoms with Gasteiger partial charge in [0.15, 0.2) is 5.92 Å². The summed E-state index contributed by atoms with van der Waals surface area (Å²) in [5.74, 6) is -3.86. The molecule has 1 aliphatic rings. The minimum Gasteiger partial charge on any atom is -0.481 e. The highest BCUT2D eigenvalue weighted by atomic mass is 16.5. The Kier molecular flexibility index (Phi) is 6.02. The molecule has 3 aromatic rings. The van der Waals surface area contributed by atoms with Gasteiger partial charge in [-0.25, -0.2) is 0 Å². The SMILES string of the molecule is N#Cc1cccc(CC(N)C(C(=O)O)C(=O)OCC2c3ccccc3-c3ccccc32)c1. The summed E-state index contributed by atoms with van der Waals surface area (Å²) >= 11 is 0. The van der Waals surface area contributed by atoms with Gasteiger partial charge in [-0.2, -0.15) is 5.26 Å². The Labute approximate surface area is 185 Å². The lowest BCUT2D eigenvalue weighted by Crippen LogP contribution is -2.43. The Bertz CT molecular complexity index is 1170. The van der Waals surface area contributed by atoms with Gasteiger partial charge in [-0.05, 0) is 46.4 Å². The van der Waals surface area contributed by atoms with Crippen molar-refractivity contribution in [2.75, 3.05) is 6.61 Å². The number of carbonyl (C=O) groups is 2. The summed E-state index contributed by atoms with van der Waals surface area (Å²) < 4.78 is 5.51. The molecule has 0 bridgehead atoms. The van der Waals surface area contributed by atoms with Gasteiger partial charge in [0.25, 0.3) is 0 Å². The van der Waals surface area contributed by atoms with Gasteiger partial charge in [-0.15, -0.1) is 0 Å². The number of nitrogens with two attached hydrogens (primary N) is 1. The highest BCUT2D eigenvalue weighted by Crippen LogP contribution is 2.44. The maximum Gasteiger partial charge on any atom is 0.321 e. The molecule has 32 heavy (non-hydrogen) atoms. The second kappa shape index (κ2) is 9.04. The van der Waals surface area contributed by atoms with Crippen LogP contribution < -0.4 is 5.73 Å². The summed E-state index contributed by atoms with van der Waals surface area (Å²) in [6.07, 6.45) is 0.136. The molecule has 4 rings (SSSR count). The van der Waals surface area contributed by atoms with Crippen LogP contribution in [-0.4, -0.2) is 29.7 Å². The van der Waals surface area contributed by atoms with E-state index in [0.717, 1.165) is 22.3 Å². The molecule has 1 aliphatic carbocycles. The summed E-state index contributed by atoms with van der Waals surface area (Å²) in [5, 5.41) is 18.7. The maximum absolute atomic E-state index is 12.8. The fourth-order valence-corrected chi connectivity index (χ4v) is 4.31. The number of carboxylic acids is 1. The average Bonchev–Trinajstić information content (AvgIpc) is 3.11. The van der Waals surface area contributed by atoms with Crippen LogP contribution in [0.4, 0.5) is 0 Å². The highest BCUT2D eigenvalue weighted by Gasteiger charge is 2.36. The van der Waals surface area contributed by atoms with Gasteiger partial charge in [-0.3, -0.25) is 9.59 Å². The van der Waals surface area contributed by atoms with Gasteiger partial charge >= 0.3 is 11.9 Å². The van der Waals surface area contributed by atoms with Crippen molar-refractivity contribution in [3.05, 3.63) is 95.1 Å². The van der Waals surface area contributed by atoms with Crippen molar-refractivity contribution < 1.29 is 19.4 Å². The molecular weight excluding hydrogens is 404 g/mol. The molecule has 0 aliphatic heterocycles. The number of nitriles is 1. The van der Waals surface area contributed by atoms with Crippen LogP contribution in [0.2, 0.25) is 0 Å². The fraction of sp³-hybridized carbons (Fsp3) is 0.192. The summed E-state index contributed by atoms with van der Waals surface area (Å²) in [5.41, 5.74) is 11.5. The number of carboxylic acid groups (broad SMARTS) is 1. The van der Waals surface area contributed by atoms with Crippen molar-refractivity contribution in [1.29, 1.82) is 5.26 Å². The first kappa shape index (κ1) is 21.3. The number of aliphatic carboxylic acids is 1. The van der Waals surface area contributed by atoms with E-state index >= 15 is 0 Å². The van der Waals surface area contributed by atoms with E-state index in [2.05, 4.69) is 0 Å². The van der Waals surface area contributed by atoms with Gasteiger partial charge < -0.3 is 15.6 Å². The number of hydrogen-bond donors (Lipinski definition) is 2. The van der Waals surface area contributed by atoms with E-state index < -0.39 is 23.9 Å². The molecule has 2 atom stereocenters. The molecule has 0 fully saturated rings. The number of benzene rings is 3. The lowest BCUT2D eigenvalue weighted by Gasteiger charge is -2.21. The first-order chi connectivity index (χ1) is 15.5. The molecule has 0 heterocycles. The van der Waals surface area contributed by atoms with E-state index in [0.29, 0.717) is 11.1 Å². The predicted molar refractivity (Wildman–Crippen MR) is 119 cm³/mol.